The monoisotopic (exact) mass is 453 g/mol. The van der Waals surface area contributed by atoms with Crippen LogP contribution in [0.5, 0.6) is 0 Å². The lowest BCUT2D eigenvalue weighted by Crippen LogP contribution is -2.48. The Bertz CT molecular complexity index is 1230. The Morgan fingerprint density at radius 3 is 2.18 bits per heavy atom. The zero-order chi connectivity index (χ0) is 23.8. The Labute approximate surface area is 201 Å². The third-order valence-corrected chi connectivity index (χ3v) is 7.13. The van der Waals surface area contributed by atoms with E-state index in [0.29, 0.717) is 22.9 Å². The van der Waals surface area contributed by atoms with E-state index in [1.165, 1.54) is 4.90 Å². The molecule has 0 atom stereocenters. The first-order valence-electron chi connectivity index (χ1n) is 12.1. The van der Waals surface area contributed by atoms with Crippen molar-refractivity contribution in [3.05, 3.63) is 89.0 Å². The van der Waals surface area contributed by atoms with Crippen LogP contribution in [0.3, 0.4) is 0 Å². The van der Waals surface area contributed by atoms with Gasteiger partial charge in [-0.15, -0.1) is 0 Å². The predicted octanol–water partition coefficient (Wildman–Crippen LogP) is 4.99. The van der Waals surface area contributed by atoms with Crippen molar-refractivity contribution >= 4 is 17.5 Å². The molecule has 0 bridgehead atoms. The van der Waals surface area contributed by atoms with Gasteiger partial charge in [0.05, 0.1) is 16.8 Å². The van der Waals surface area contributed by atoms with Gasteiger partial charge in [-0.1, -0.05) is 48.5 Å². The van der Waals surface area contributed by atoms with E-state index in [1.807, 2.05) is 73.7 Å². The minimum absolute atomic E-state index is 0.236. The third-order valence-electron chi connectivity index (χ3n) is 7.13. The van der Waals surface area contributed by atoms with Crippen molar-refractivity contribution in [3.8, 4) is 11.1 Å². The van der Waals surface area contributed by atoms with E-state index in [9.17, 15) is 9.59 Å². The molecule has 3 aromatic rings. The molecule has 2 heterocycles. The molecule has 1 saturated heterocycles. The van der Waals surface area contributed by atoms with Gasteiger partial charge in [0, 0.05) is 38.8 Å². The number of rotatable bonds is 5. The van der Waals surface area contributed by atoms with Crippen molar-refractivity contribution in [1.29, 1.82) is 0 Å². The highest BCUT2D eigenvalue weighted by atomic mass is 16.2. The average molecular weight is 454 g/mol. The number of hydrogen-bond acceptors (Lipinski definition) is 4. The predicted molar refractivity (Wildman–Crippen MR) is 136 cm³/mol. The minimum atomic E-state index is -0.245. The van der Waals surface area contributed by atoms with Gasteiger partial charge in [-0.05, 0) is 61.2 Å². The van der Waals surface area contributed by atoms with Crippen LogP contribution in [0.1, 0.15) is 45.7 Å². The van der Waals surface area contributed by atoms with Crippen LogP contribution in [0, 0.1) is 6.92 Å². The molecule has 2 aliphatic rings. The van der Waals surface area contributed by atoms with Crippen LogP contribution in [0.15, 0.2) is 66.7 Å². The lowest BCUT2D eigenvalue weighted by molar-refractivity contribution is 0.0925. The molecule has 1 fully saturated rings. The molecule has 0 aliphatic carbocycles. The number of carbonyl (C=O) groups excluding carboxylic acids is 2. The van der Waals surface area contributed by atoms with Gasteiger partial charge >= 0.3 is 0 Å². The fourth-order valence-corrected chi connectivity index (χ4v) is 5.10. The van der Waals surface area contributed by atoms with Gasteiger partial charge in [-0.3, -0.25) is 19.4 Å². The number of amides is 2. The first kappa shape index (κ1) is 22.5. The zero-order valence-corrected chi connectivity index (χ0v) is 20.1. The highest BCUT2D eigenvalue weighted by Crippen LogP contribution is 2.35. The summed E-state index contributed by atoms with van der Waals surface area (Å²) in [7, 11) is 0. The van der Waals surface area contributed by atoms with E-state index in [0.717, 1.165) is 55.0 Å². The van der Waals surface area contributed by atoms with E-state index in [-0.39, 0.29) is 11.8 Å². The summed E-state index contributed by atoms with van der Waals surface area (Å²) < 4.78 is 0. The number of imide groups is 1. The first-order chi connectivity index (χ1) is 16.4. The van der Waals surface area contributed by atoms with Gasteiger partial charge in [-0.2, -0.15) is 0 Å². The Kier molecular flexibility index (Phi) is 6.07. The van der Waals surface area contributed by atoms with Gasteiger partial charge in [0.2, 0.25) is 0 Å². The quantitative estimate of drug-likeness (QED) is 0.511. The molecule has 5 heteroatoms. The molecule has 0 spiro atoms. The Hall–Kier alpha value is -3.28. The van der Waals surface area contributed by atoms with E-state index < -0.39 is 0 Å². The molecule has 0 saturated carbocycles. The SMILES string of the molecule is Cc1c(-c2ccccc2)cccc1N1C(=O)c2ccc(CN3CCN(C(C)C)CC3)cc2C1=O. The van der Waals surface area contributed by atoms with Crippen LogP contribution in [0.25, 0.3) is 11.1 Å². The van der Waals surface area contributed by atoms with E-state index in [2.05, 4.69) is 23.6 Å². The molecule has 2 aliphatic heterocycles. The van der Waals surface area contributed by atoms with Crippen LogP contribution in [-0.2, 0) is 6.54 Å². The number of hydrogen-bond donors (Lipinski definition) is 0. The fourth-order valence-electron chi connectivity index (χ4n) is 5.10. The van der Waals surface area contributed by atoms with Crippen LogP contribution < -0.4 is 4.90 Å². The molecule has 3 aromatic carbocycles. The number of piperazine rings is 1. The standard InChI is InChI=1S/C29H31N3O2/c1-20(2)31-16-14-30(15-17-31)19-22-12-13-25-26(18-22)29(34)32(28(25)33)27-11-7-10-24(21(27)3)23-8-5-4-6-9-23/h4-13,18,20H,14-17,19H2,1-3H3. The van der Waals surface area contributed by atoms with Crippen molar-refractivity contribution in [2.45, 2.75) is 33.4 Å². The van der Waals surface area contributed by atoms with Gasteiger partial charge in [0.25, 0.3) is 11.8 Å². The lowest BCUT2D eigenvalue weighted by atomic mass is 9.99. The maximum Gasteiger partial charge on any atom is 0.266 e. The summed E-state index contributed by atoms with van der Waals surface area (Å²) in [5.41, 5.74) is 5.74. The summed E-state index contributed by atoms with van der Waals surface area (Å²) in [6.07, 6.45) is 0. The Morgan fingerprint density at radius 2 is 1.47 bits per heavy atom. The van der Waals surface area contributed by atoms with Crippen molar-refractivity contribution in [2.75, 3.05) is 31.1 Å². The smallest absolute Gasteiger partial charge is 0.266 e. The molecule has 5 nitrogen and oxygen atoms in total. The first-order valence-corrected chi connectivity index (χ1v) is 12.1. The molecule has 0 aromatic heterocycles. The summed E-state index contributed by atoms with van der Waals surface area (Å²) in [4.78, 5) is 33.0. The molecule has 2 amide bonds. The summed E-state index contributed by atoms with van der Waals surface area (Å²) >= 11 is 0. The fraction of sp³-hybridized carbons (Fsp3) is 0.310. The third kappa shape index (κ3) is 4.06. The van der Waals surface area contributed by atoms with E-state index in [4.69, 9.17) is 0 Å². The molecule has 5 rings (SSSR count). The normalized spacial score (nSPS) is 17.0. The zero-order valence-electron chi connectivity index (χ0n) is 20.1. The minimum Gasteiger partial charge on any atom is -0.298 e. The molecular weight excluding hydrogens is 422 g/mol. The molecule has 0 unspecified atom stereocenters. The second-order valence-electron chi connectivity index (χ2n) is 9.55. The number of nitrogens with zero attached hydrogens (tertiary/aromatic N) is 3. The van der Waals surface area contributed by atoms with E-state index >= 15 is 0 Å². The highest BCUT2D eigenvalue weighted by molar-refractivity contribution is 6.34. The summed E-state index contributed by atoms with van der Waals surface area (Å²) in [6, 6.07) is 22.2. The van der Waals surface area contributed by atoms with Gasteiger partial charge in [0.1, 0.15) is 0 Å². The summed E-state index contributed by atoms with van der Waals surface area (Å²) in [6.45, 7) is 11.4. The Morgan fingerprint density at radius 1 is 0.765 bits per heavy atom. The second kappa shape index (κ2) is 9.16. The highest BCUT2D eigenvalue weighted by Gasteiger charge is 2.37. The average Bonchev–Trinajstić information content (AvgIpc) is 3.09. The van der Waals surface area contributed by atoms with Gasteiger partial charge in [-0.25, -0.2) is 4.90 Å². The van der Waals surface area contributed by atoms with Crippen LogP contribution in [0.4, 0.5) is 5.69 Å². The molecule has 0 N–H and O–H groups in total. The number of anilines is 1. The van der Waals surface area contributed by atoms with Crippen molar-refractivity contribution in [2.24, 2.45) is 0 Å². The van der Waals surface area contributed by atoms with Crippen LogP contribution in [-0.4, -0.2) is 53.8 Å². The topological polar surface area (TPSA) is 43.9 Å². The van der Waals surface area contributed by atoms with Gasteiger partial charge < -0.3 is 0 Å². The summed E-state index contributed by atoms with van der Waals surface area (Å²) in [5, 5.41) is 0. The van der Waals surface area contributed by atoms with Crippen molar-refractivity contribution < 1.29 is 9.59 Å². The molecule has 34 heavy (non-hydrogen) atoms. The number of benzene rings is 3. The number of fused-ring (bicyclic) bond motifs is 1. The number of carbonyl (C=O) groups is 2. The molecule has 0 radical (unpaired) electrons. The van der Waals surface area contributed by atoms with E-state index in [1.54, 1.807) is 0 Å². The lowest BCUT2D eigenvalue weighted by Gasteiger charge is -2.37. The largest absolute Gasteiger partial charge is 0.298 e. The maximum atomic E-state index is 13.5. The summed E-state index contributed by atoms with van der Waals surface area (Å²) in [5.74, 6) is -0.481. The molecule has 174 valence electrons. The van der Waals surface area contributed by atoms with Crippen LogP contribution in [0.2, 0.25) is 0 Å². The van der Waals surface area contributed by atoms with Gasteiger partial charge in [0.15, 0.2) is 0 Å². The Balaban J connectivity index is 1.39. The van der Waals surface area contributed by atoms with Crippen molar-refractivity contribution in [1.82, 2.24) is 9.80 Å². The van der Waals surface area contributed by atoms with Crippen molar-refractivity contribution in [3.63, 3.8) is 0 Å². The maximum absolute atomic E-state index is 13.5. The second-order valence-corrected chi connectivity index (χ2v) is 9.55. The van der Waals surface area contributed by atoms with Crippen LogP contribution >= 0.6 is 0 Å². The molecular formula is C29H31N3O2.